The summed E-state index contributed by atoms with van der Waals surface area (Å²) in [6.45, 7) is 13.6. The minimum Gasteiger partial charge on any atom is -0.454 e. The van der Waals surface area contributed by atoms with Gasteiger partial charge in [0, 0.05) is 82.5 Å². The lowest BCUT2D eigenvalue weighted by molar-refractivity contribution is -0.131. The molecule has 3 heterocycles. The maximum atomic E-state index is 13.9. The van der Waals surface area contributed by atoms with Crippen LogP contribution >= 0.6 is 46.6 Å². The second-order valence-corrected chi connectivity index (χ2v) is 22.6. The predicted molar refractivity (Wildman–Crippen MR) is 245 cm³/mol. The van der Waals surface area contributed by atoms with Crippen molar-refractivity contribution in [3.05, 3.63) is 66.1 Å². The molecule has 62 heavy (non-hydrogen) atoms. The van der Waals surface area contributed by atoms with Crippen molar-refractivity contribution in [2.75, 3.05) is 37.0 Å². The van der Waals surface area contributed by atoms with Crippen LogP contribution < -0.4 is 34.8 Å². The van der Waals surface area contributed by atoms with Gasteiger partial charge in [-0.15, -0.1) is 11.8 Å². The highest BCUT2D eigenvalue weighted by atomic mass is 35.5. The van der Waals surface area contributed by atoms with E-state index >= 15 is 0 Å². The fourth-order valence-corrected chi connectivity index (χ4v) is 12.6. The predicted octanol–water partition coefficient (Wildman–Crippen LogP) is 7.96. The highest BCUT2D eigenvalue weighted by Gasteiger charge is 2.46. The van der Waals surface area contributed by atoms with E-state index in [0.29, 0.717) is 12.1 Å². The molecule has 0 bridgehead atoms. The van der Waals surface area contributed by atoms with E-state index in [-0.39, 0.29) is 94.0 Å². The molecule has 19 heteroatoms. The molecular formula is C43H53Cl3N3O10S3+. The molecule has 13 nitrogen and oxygen atoms in total. The number of benzene rings is 3. The average Bonchev–Trinajstić information content (AvgIpc) is 3.15. The highest BCUT2D eigenvalue weighted by molar-refractivity contribution is 8.00. The van der Waals surface area contributed by atoms with E-state index in [0.717, 1.165) is 62.0 Å². The SMILES string of the molecule is CCCCCCNC(=O)CSc1c(Cl)c(Cl)c(OC(C)=O)c(C2=c3cc4c(c(S(=O)(=O)O)c3Oc3cc5c(cc32)C(C)CC(C)(C)N5C)=[N+](C)C(C)(C)CC4CS(=O)(=O)O)c1Cl. The summed E-state index contributed by atoms with van der Waals surface area (Å²) < 4.78 is 88.5. The van der Waals surface area contributed by atoms with Crippen LogP contribution in [0.2, 0.25) is 15.1 Å². The normalized spacial score (nSPS) is 18.9. The second kappa shape index (κ2) is 17.7. The Bertz CT molecular complexity index is 2740. The Morgan fingerprint density at radius 2 is 1.68 bits per heavy atom. The smallest absolute Gasteiger partial charge is 0.308 e. The van der Waals surface area contributed by atoms with Crippen molar-refractivity contribution in [2.45, 2.75) is 120 Å². The summed E-state index contributed by atoms with van der Waals surface area (Å²) in [4.78, 5) is 27.6. The van der Waals surface area contributed by atoms with Crippen LogP contribution in [0.4, 0.5) is 5.69 Å². The minimum atomic E-state index is -5.21. The minimum absolute atomic E-state index is 0.0000909. The van der Waals surface area contributed by atoms with Crippen LogP contribution in [0, 0.1) is 0 Å². The first-order chi connectivity index (χ1) is 28.7. The van der Waals surface area contributed by atoms with Crippen LogP contribution in [0.5, 0.6) is 17.2 Å². The van der Waals surface area contributed by atoms with E-state index < -0.39 is 48.3 Å². The number of esters is 1. The van der Waals surface area contributed by atoms with Gasteiger partial charge in [-0.2, -0.15) is 16.8 Å². The van der Waals surface area contributed by atoms with E-state index in [1.165, 1.54) is 0 Å². The zero-order valence-corrected chi connectivity index (χ0v) is 40.9. The number of hydrogen-bond acceptors (Lipinski definition) is 10. The first-order valence-electron chi connectivity index (χ1n) is 20.3. The number of amides is 1. The lowest BCUT2D eigenvalue weighted by Crippen LogP contribution is -2.53. The third-order valence-corrected chi connectivity index (χ3v) is 16.5. The monoisotopic (exact) mass is 972 g/mol. The highest BCUT2D eigenvalue weighted by Crippen LogP contribution is 2.54. The fraction of sp³-hybridized carbons (Fsp3) is 0.512. The zero-order valence-electron chi connectivity index (χ0n) is 36.2. The number of fused-ring (bicyclic) bond motifs is 4. The molecule has 3 aromatic carbocycles. The zero-order chi connectivity index (χ0) is 46.0. The van der Waals surface area contributed by atoms with Gasteiger partial charge < -0.3 is 19.7 Å². The number of hydrogen-bond donors (Lipinski definition) is 3. The van der Waals surface area contributed by atoms with Gasteiger partial charge >= 0.3 is 16.1 Å². The van der Waals surface area contributed by atoms with Crippen molar-refractivity contribution in [2.24, 2.45) is 0 Å². The molecule has 1 amide bonds. The van der Waals surface area contributed by atoms with E-state index in [4.69, 9.17) is 44.3 Å². The Labute approximate surface area is 382 Å². The molecule has 3 aliphatic rings. The van der Waals surface area contributed by atoms with Crippen LogP contribution in [0.25, 0.3) is 5.57 Å². The maximum absolute atomic E-state index is 13.9. The van der Waals surface area contributed by atoms with Crippen LogP contribution in [0.15, 0.2) is 28.0 Å². The van der Waals surface area contributed by atoms with Crippen LogP contribution in [0.1, 0.15) is 121 Å². The number of unbranched alkanes of at least 4 members (excludes halogenated alkanes) is 3. The number of rotatable bonds is 13. The van der Waals surface area contributed by atoms with Gasteiger partial charge in [0.25, 0.3) is 10.1 Å². The molecule has 0 fully saturated rings. The Morgan fingerprint density at radius 3 is 2.29 bits per heavy atom. The molecule has 0 radical (unpaired) electrons. The molecule has 3 N–H and O–H groups in total. The average molecular weight is 974 g/mol. The molecule has 0 saturated heterocycles. The third-order valence-electron chi connectivity index (χ3n) is 12.3. The number of carbonyl (C=O) groups excluding carboxylic acids is 2. The summed E-state index contributed by atoms with van der Waals surface area (Å²) >= 11 is 22.4. The van der Waals surface area contributed by atoms with Gasteiger partial charge in [-0.25, -0.2) is 4.58 Å². The van der Waals surface area contributed by atoms with Crippen molar-refractivity contribution in [3.8, 4) is 17.2 Å². The second-order valence-electron chi connectivity index (χ2n) is 17.6. The summed E-state index contributed by atoms with van der Waals surface area (Å²) in [6.07, 6.45) is 4.77. The number of halogens is 3. The van der Waals surface area contributed by atoms with E-state index in [1.54, 1.807) is 37.6 Å². The van der Waals surface area contributed by atoms with E-state index in [1.807, 2.05) is 13.1 Å². The van der Waals surface area contributed by atoms with Crippen LogP contribution in [-0.4, -0.2) is 81.0 Å². The fourth-order valence-electron chi connectivity index (χ4n) is 8.96. The standard InChI is InChI=1S/C43H52Cl3N3O10S3/c1-10-11-12-13-14-47-31(51)20-60-40-34(44)33(39(58-23(3)50)35(45)36(40)46)32-27-15-25-22(2)18-42(4,5)48(8)29(25)17-30(27)59-38-28(32)16-26-24(21-61(52,53)54)19-43(6,7)49(9)37(26)41(38)62(55,56)57/h15-17,22,24H,10-14,18-21H2,1-9H3,(H2-,47,51,52,53,54,55,56,57)/p+1. The van der Waals surface area contributed by atoms with Crippen molar-refractivity contribution in [3.63, 3.8) is 0 Å². The molecule has 0 spiro atoms. The molecular weight excluding hydrogens is 921 g/mol. The number of carbonyl (C=O) groups is 2. The first kappa shape index (κ1) is 48.4. The first-order valence-corrected chi connectivity index (χ1v) is 25.5. The summed E-state index contributed by atoms with van der Waals surface area (Å²) in [5.74, 6) is -3.37. The number of ether oxygens (including phenoxy) is 2. The van der Waals surface area contributed by atoms with Crippen molar-refractivity contribution in [1.29, 1.82) is 0 Å². The lowest BCUT2D eigenvalue weighted by Gasteiger charge is -2.46. The number of nitrogens with zero attached hydrogens (tertiary/aromatic N) is 2. The Hall–Kier alpha value is -3.09. The molecule has 0 aliphatic carbocycles. The van der Waals surface area contributed by atoms with Crippen LogP contribution in [0.3, 0.4) is 0 Å². The molecule has 0 saturated carbocycles. The number of nitrogens with one attached hydrogen (secondary N) is 1. The van der Waals surface area contributed by atoms with Gasteiger partial charge in [-0.05, 0) is 64.2 Å². The number of anilines is 1. The van der Waals surface area contributed by atoms with E-state index in [9.17, 15) is 35.5 Å². The largest absolute Gasteiger partial charge is 0.454 e. The Balaban J connectivity index is 1.79. The van der Waals surface area contributed by atoms with Gasteiger partial charge in [0.2, 0.25) is 16.2 Å². The summed E-state index contributed by atoms with van der Waals surface area (Å²) in [6, 6.07) is 5.24. The number of thioether (sulfide) groups is 1. The van der Waals surface area contributed by atoms with Gasteiger partial charge in [-0.3, -0.25) is 18.7 Å². The lowest BCUT2D eigenvalue weighted by atomic mass is 9.78. The van der Waals surface area contributed by atoms with Crippen molar-refractivity contribution < 1.29 is 45.0 Å². The molecule has 338 valence electrons. The third kappa shape index (κ3) is 9.35. The Morgan fingerprint density at radius 1 is 1.00 bits per heavy atom. The molecule has 2 unspecified atom stereocenters. The topological polar surface area (TPSA) is 180 Å². The van der Waals surface area contributed by atoms with Gasteiger partial charge in [-0.1, -0.05) is 67.9 Å². The molecule has 3 aliphatic heterocycles. The van der Waals surface area contributed by atoms with Gasteiger partial charge in [0.1, 0.15) is 17.8 Å². The molecule has 6 rings (SSSR count). The molecule has 2 atom stereocenters. The van der Waals surface area contributed by atoms with Gasteiger partial charge in [0.05, 0.1) is 21.6 Å². The maximum Gasteiger partial charge on any atom is 0.308 e. The summed E-state index contributed by atoms with van der Waals surface area (Å²) in [7, 11) is -6.27. The van der Waals surface area contributed by atoms with Crippen molar-refractivity contribution in [1.82, 2.24) is 9.89 Å². The summed E-state index contributed by atoms with van der Waals surface area (Å²) in [5, 5.41) is 2.50. The quantitative estimate of drug-likeness (QED) is 0.0224. The van der Waals surface area contributed by atoms with E-state index in [2.05, 4.69) is 37.9 Å². The van der Waals surface area contributed by atoms with Gasteiger partial charge in [0.15, 0.2) is 17.0 Å². The molecule has 3 aromatic rings. The van der Waals surface area contributed by atoms with Crippen LogP contribution in [-0.2, 0) is 29.8 Å². The summed E-state index contributed by atoms with van der Waals surface area (Å²) in [5.41, 5.74) is 1.23. The molecule has 0 aromatic heterocycles. The van der Waals surface area contributed by atoms with Crippen molar-refractivity contribution >= 4 is 89.9 Å². The Kier molecular flexibility index (Phi) is 13.8.